The molecule has 1 aromatic carbocycles. The summed E-state index contributed by atoms with van der Waals surface area (Å²) in [5.74, 6) is -0.221. The van der Waals surface area contributed by atoms with Crippen molar-refractivity contribution >= 4 is 17.1 Å². The molecule has 1 saturated carbocycles. The summed E-state index contributed by atoms with van der Waals surface area (Å²) < 4.78 is 5.38. The largest absolute Gasteiger partial charge is 0.481 e. The zero-order valence-electron chi connectivity index (χ0n) is 10.0. The molecule has 2 aromatic rings. The van der Waals surface area contributed by atoms with Gasteiger partial charge < -0.3 is 15.3 Å². The number of nitrogens with zero attached hydrogens (tertiary/aromatic N) is 1. The van der Waals surface area contributed by atoms with Crippen molar-refractivity contribution in [1.29, 1.82) is 0 Å². The van der Waals surface area contributed by atoms with Crippen molar-refractivity contribution in [2.45, 2.75) is 25.8 Å². The quantitative estimate of drug-likeness (QED) is 0.864. The molecule has 94 valence electrons. The number of nitrogens with two attached hydrogens (primary N) is 1. The van der Waals surface area contributed by atoms with Crippen LogP contribution in [0.15, 0.2) is 22.6 Å². The Labute approximate surface area is 104 Å². The second-order valence-electron chi connectivity index (χ2n) is 4.90. The standard InChI is InChI=1S/C13H14N2O3/c1-7-15-9-6-8(2-3-10(9)18-7)11(14)13(4-5-13)12(16)17/h2-3,6,11H,4-5,14H2,1H3,(H,16,17). The SMILES string of the molecule is Cc1nc2cc(C(N)C3(C(=O)O)CC3)ccc2o1. The van der Waals surface area contributed by atoms with Gasteiger partial charge in [-0.2, -0.15) is 0 Å². The molecule has 1 aliphatic carbocycles. The van der Waals surface area contributed by atoms with Gasteiger partial charge >= 0.3 is 5.97 Å². The van der Waals surface area contributed by atoms with Gasteiger partial charge in [-0.25, -0.2) is 4.98 Å². The minimum atomic E-state index is -0.813. The van der Waals surface area contributed by atoms with Gasteiger partial charge in [-0.1, -0.05) is 6.07 Å². The van der Waals surface area contributed by atoms with Gasteiger partial charge in [0, 0.05) is 13.0 Å². The van der Waals surface area contributed by atoms with Gasteiger partial charge in [-0.3, -0.25) is 4.79 Å². The molecule has 0 radical (unpaired) electrons. The average Bonchev–Trinajstić information content (AvgIpc) is 3.05. The van der Waals surface area contributed by atoms with E-state index in [-0.39, 0.29) is 0 Å². The van der Waals surface area contributed by atoms with Crippen LogP contribution in [0.4, 0.5) is 0 Å². The Bertz CT molecular complexity index is 628. The second kappa shape index (κ2) is 3.55. The Kier molecular flexibility index (Phi) is 2.22. The van der Waals surface area contributed by atoms with Crippen LogP contribution in [-0.4, -0.2) is 16.1 Å². The minimum Gasteiger partial charge on any atom is -0.481 e. The number of carboxylic acid groups (broad SMARTS) is 1. The van der Waals surface area contributed by atoms with Gasteiger partial charge in [0.05, 0.1) is 5.41 Å². The van der Waals surface area contributed by atoms with Gasteiger partial charge in [-0.15, -0.1) is 0 Å². The summed E-state index contributed by atoms with van der Waals surface area (Å²) in [5, 5.41) is 9.24. The smallest absolute Gasteiger partial charge is 0.311 e. The van der Waals surface area contributed by atoms with Crippen LogP contribution in [-0.2, 0) is 4.79 Å². The molecule has 0 saturated heterocycles. The first kappa shape index (κ1) is 11.2. The van der Waals surface area contributed by atoms with Gasteiger partial charge in [0.25, 0.3) is 0 Å². The molecule has 1 aliphatic rings. The lowest BCUT2D eigenvalue weighted by molar-refractivity contribution is -0.144. The van der Waals surface area contributed by atoms with Crippen LogP contribution in [0.3, 0.4) is 0 Å². The highest BCUT2D eigenvalue weighted by Crippen LogP contribution is 2.54. The first-order valence-electron chi connectivity index (χ1n) is 5.89. The molecule has 5 heteroatoms. The van der Waals surface area contributed by atoms with Crippen molar-refractivity contribution in [2.75, 3.05) is 0 Å². The second-order valence-corrected chi connectivity index (χ2v) is 4.90. The summed E-state index contributed by atoms with van der Waals surface area (Å²) in [5.41, 5.74) is 7.53. The van der Waals surface area contributed by atoms with E-state index in [9.17, 15) is 9.90 Å². The maximum absolute atomic E-state index is 11.3. The maximum Gasteiger partial charge on any atom is 0.311 e. The summed E-state index contributed by atoms with van der Waals surface area (Å²) in [6.07, 6.45) is 1.28. The van der Waals surface area contributed by atoms with Gasteiger partial charge in [0.1, 0.15) is 5.52 Å². The van der Waals surface area contributed by atoms with Crippen molar-refractivity contribution in [3.05, 3.63) is 29.7 Å². The molecule has 18 heavy (non-hydrogen) atoms. The fraction of sp³-hybridized carbons (Fsp3) is 0.385. The highest BCUT2D eigenvalue weighted by molar-refractivity contribution is 5.80. The molecular weight excluding hydrogens is 232 g/mol. The summed E-state index contributed by atoms with van der Waals surface area (Å²) in [4.78, 5) is 15.5. The Morgan fingerprint density at radius 3 is 2.89 bits per heavy atom. The third-order valence-corrected chi connectivity index (χ3v) is 3.69. The number of aromatic nitrogens is 1. The molecule has 1 fully saturated rings. The normalized spacial score (nSPS) is 18.8. The molecule has 1 aromatic heterocycles. The van der Waals surface area contributed by atoms with E-state index < -0.39 is 17.4 Å². The summed E-state index contributed by atoms with van der Waals surface area (Å²) >= 11 is 0. The fourth-order valence-electron chi connectivity index (χ4n) is 2.36. The number of aryl methyl sites for hydroxylation is 1. The van der Waals surface area contributed by atoms with E-state index in [1.165, 1.54) is 0 Å². The summed E-state index contributed by atoms with van der Waals surface area (Å²) in [6.45, 7) is 1.78. The number of hydrogen-bond donors (Lipinski definition) is 2. The first-order chi connectivity index (χ1) is 8.53. The molecule has 5 nitrogen and oxygen atoms in total. The van der Waals surface area contributed by atoms with E-state index in [1.54, 1.807) is 13.0 Å². The third kappa shape index (κ3) is 1.51. The van der Waals surface area contributed by atoms with E-state index in [2.05, 4.69) is 4.98 Å². The van der Waals surface area contributed by atoms with Crippen LogP contribution in [0.1, 0.15) is 30.3 Å². The highest BCUT2D eigenvalue weighted by atomic mass is 16.4. The Morgan fingerprint density at radius 2 is 2.28 bits per heavy atom. The molecule has 0 bridgehead atoms. The van der Waals surface area contributed by atoms with Gasteiger partial charge in [0.2, 0.25) is 0 Å². The highest BCUT2D eigenvalue weighted by Gasteiger charge is 2.55. The molecule has 0 aliphatic heterocycles. The van der Waals surface area contributed by atoms with Crippen LogP contribution in [0.25, 0.3) is 11.1 Å². The fourth-order valence-corrected chi connectivity index (χ4v) is 2.36. The number of oxazole rings is 1. The number of aliphatic carboxylic acids is 1. The van der Waals surface area contributed by atoms with Gasteiger partial charge in [0.15, 0.2) is 11.5 Å². The topological polar surface area (TPSA) is 89.3 Å². The minimum absolute atomic E-state index is 0.489. The predicted molar refractivity (Wildman–Crippen MR) is 65.0 cm³/mol. The van der Waals surface area contributed by atoms with Gasteiger partial charge in [-0.05, 0) is 30.5 Å². The van der Waals surface area contributed by atoms with E-state index in [0.717, 1.165) is 11.1 Å². The molecule has 1 heterocycles. The Balaban J connectivity index is 2.01. The summed E-state index contributed by atoms with van der Waals surface area (Å²) in [7, 11) is 0. The van der Waals surface area contributed by atoms with E-state index >= 15 is 0 Å². The van der Waals surface area contributed by atoms with E-state index in [1.807, 2.05) is 12.1 Å². The first-order valence-corrected chi connectivity index (χ1v) is 5.89. The van der Waals surface area contributed by atoms with E-state index in [0.29, 0.717) is 24.3 Å². The zero-order chi connectivity index (χ0) is 12.9. The van der Waals surface area contributed by atoms with Crippen LogP contribution in [0.5, 0.6) is 0 Å². The Hall–Kier alpha value is -1.88. The molecule has 3 rings (SSSR count). The maximum atomic E-state index is 11.3. The van der Waals surface area contributed by atoms with Crippen molar-refractivity contribution in [2.24, 2.45) is 11.1 Å². The monoisotopic (exact) mass is 246 g/mol. The number of fused-ring (bicyclic) bond motifs is 1. The molecule has 3 N–H and O–H groups in total. The number of carbonyl (C=O) groups is 1. The van der Waals surface area contributed by atoms with E-state index in [4.69, 9.17) is 10.2 Å². The molecule has 1 atom stereocenters. The van der Waals surface area contributed by atoms with Crippen molar-refractivity contribution in [3.8, 4) is 0 Å². The molecular formula is C13H14N2O3. The summed E-state index contributed by atoms with van der Waals surface area (Å²) in [6, 6.07) is 4.94. The zero-order valence-corrected chi connectivity index (χ0v) is 10.0. The number of hydrogen-bond acceptors (Lipinski definition) is 4. The molecule has 0 spiro atoms. The molecule has 1 unspecified atom stereocenters. The van der Waals surface area contributed by atoms with Crippen LogP contribution in [0.2, 0.25) is 0 Å². The van der Waals surface area contributed by atoms with Crippen LogP contribution >= 0.6 is 0 Å². The lowest BCUT2D eigenvalue weighted by Gasteiger charge is -2.19. The third-order valence-electron chi connectivity index (χ3n) is 3.69. The van der Waals surface area contributed by atoms with Crippen molar-refractivity contribution < 1.29 is 14.3 Å². The number of rotatable bonds is 3. The van der Waals surface area contributed by atoms with Crippen molar-refractivity contribution in [1.82, 2.24) is 4.98 Å². The number of carboxylic acids is 1. The van der Waals surface area contributed by atoms with Crippen LogP contribution in [0, 0.1) is 12.3 Å². The average molecular weight is 246 g/mol. The molecule has 0 amide bonds. The number of benzene rings is 1. The van der Waals surface area contributed by atoms with Crippen LogP contribution < -0.4 is 5.73 Å². The predicted octanol–water partition coefficient (Wildman–Crippen LogP) is 2.00. The Morgan fingerprint density at radius 1 is 1.56 bits per heavy atom. The van der Waals surface area contributed by atoms with Crippen molar-refractivity contribution in [3.63, 3.8) is 0 Å². The lowest BCUT2D eigenvalue weighted by atomic mass is 9.91. The lowest BCUT2D eigenvalue weighted by Crippen LogP contribution is -2.29.